The highest BCUT2D eigenvalue weighted by atomic mass is 35.5. The van der Waals surface area contributed by atoms with Gasteiger partial charge in [-0.25, -0.2) is 0 Å². The second-order valence-electron chi connectivity index (χ2n) is 3.40. The molecule has 72 valence electrons. The van der Waals surface area contributed by atoms with Gasteiger partial charge in [-0.2, -0.15) is 0 Å². The second-order valence-corrected chi connectivity index (χ2v) is 3.71. The minimum absolute atomic E-state index is 0.271. The summed E-state index contributed by atoms with van der Waals surface area (Å²) in [6.07, 6.45) is 6.04. The molecule has 0 radical (unpaired) electrons. The summed E-state index contributed by atoms with van der Waals surface area (Å²) in [6, 6.07) is 0. The van der Waals surface area contributed by atoms with E-state index in [0.29, 0.717) is 12.7 Å². The zero-order chi connectivity index (χ0) is 8.81. The standard InChI is InChI=1S/C9H17ClO2/c10-6-8(11)7-12-9-4-2-1-3-5-9/h8-9,11H,1-7H2. The largest absolute Gasteiger partial charge is 0.389 e. The summed E-state index contributed by atoms with van der Waals surface area (Å²) in [5, 5.41) is 9.13. The molecule has 1 aliphatic carbocycles. The molecule has 0 aromatic carbocycles. The molecule has 1 fully saturated rings. The van der Waals surface area contributed by atoms with Gasteiger partial charge in [0, 0.05) is 0 Å². The monoisotopic (exact) mass is 192 g/mol. The normalized spacial score (nSPS) is 22.5. The van der Waals surface area contributed by atoms with Crippen molar-refractivity contribution in [3.8, 4) is 0 Å². The summed E-state index contributed by atoms with van der Waals surface area (Å²) >= 11 is 5.44. The van der Waals surface area contributed by atoms with Gasteiger partial charge in [-0.3, -0.25) is 0 Å². The molecular weight excluding hydrogens is 176 g/mol. The number of ether oxygens (including phenoxy) is 1. The fraction of sp³-hybridized carbons (Fsp3) is 1.00. The van der Waals surface area contributed by atoms with Crippen molar-refractivity contribution in [3.05, 3.63) is 0 Å². The number of aliphatic hydroxyl groups excluding tert-OH is 1. The maximum absolute atomic E-state index is 9.13. The Morgan fingerprint density at radius 1 is 1.33 bits per heavy atom. The molecule has 0 bridgehead atoms. The van der Waals surface area contributed by atoms with E-state index in [9.17, 15) is 0 Å². The third-order valence-electron chi connectivity index (χ3n) is 2.25. The van der Waals surface area contributed by atoms with Crippen LogP contribution >= 0.6 is 11.6 Å². The highest BCUT2D eigenvalue weighted by Gasteiger charge is 2.14. The number of aliphatic hydroxyl groups is 1. The molecule has 0 heterocycles. The van der Waals surface area contributed by atoms with E-state index >= 15 is 0 Å². The van der Waals surface area contributed by atoms with E-state index in [2.05, 4.69) is 0 Å². The molecule has 1 unspecified atom stereocenters. The van der Waals surface area contributed by atoms with Crippen molar-refractivity contribution in [2.45, 2.75) is 44.3 Å². The van der Waals surface area contributed by atoms with Crippen molar-refractivity contribution in [1.82, 2.24) is 0 Å². The van der Waals surface area contributed by atoms with Gasteiger partial charge in [0.25, 0.3) is 0 Å². The molecule has 1 N–H and O–H groups in total. The lowest BCUT2D eigenvalue weighted by molar-refractivity contribution is -0.0169. The Bertz CT molecular complexity index is 113. The van der Waals surface area contributed by atoms with Crippen LogP contribution in [0.3, 0.4) is 0 Å². The average Bonchev–Trinajstić information content (AvgIpc) is 2.16. The van der Waals surface area contributed by atoms with Gasteiger partial charge in [-0.15, -0.1) is 11.6 Å². The Kier molecular flexibility index (Phi) is 4.96. The van der Waals surface area contributed by atoms with E-state index in [1.807, 2.05) is 0 Å². The highest BCUT2D eigenvalue weighted by Crippen LogP contribution is 2.20. The van der Waals surface area contributed by atoms with Crippen molar-refractivity contribution in [1.29, 1.82) is 0 Å². The lowest BCUT2D eigenvalue weighted by Gasteiger charge is -2.22. The third kappa shape index (κ3) is 3.74. The van der Waals surface area contributed by atoms with Gasteiger partial charge in [0.2, 0.25) is 0 Å². The molecule has 0 aliphatic heterocycles. The summed E-state index contributed by atoms with van der Waals surface area (Å²) in [6.45, 7) is 0.397. The molecule has 1 rings (SSSR count). The Hall–Kier alpha value is 0.210. The van der Waals surface area contributed by atoms with Gasteiger partial charge < -0.3 is 9.84 Å². The van der Waals surface area contributed by atoms with Crippen LogP contribution in [0.5, 0.6) is 0 Å². The van der Waals surface area contributed by atoms with Crippen LogP contribution in [0.4, 0.5) is 0 Å². The molecule has 1 saturated carbocycles. The number of alkyl halides is 1. The van der Waals surface area contributed by atoms with Crippen LogP contribution in [0.1, 0.15) is 32.1 Å². The van der Waals surface area contributed by atoms with E-state index in [-0.39, 0.29) is 5.88 Å². The molecule has 0 aromatic heterocycles. The predicted molar refractivity (Wildman–Crippen MR) is 49.6 cm³/mol. The minimum atomic E-state index is -0.492. The molecule has 1 atom stereocenters. The van der Waals surface area contributed by atoms with Crippen LogP contribution in [-0.2, 0) is 4.74 Å². The minimum Gasteiger partial charge on any atom is -0.389 e. The summed E-state index contributed by atoms with van der Waals surface area (Å²) in [7, 11) is 0. The molecule has 0 amide bonds. The van der Waals surface area contributed by atoms with E-state index in [1.54, 1.807) is 0 Å². The fourth-order valence-electron chi connectivity index (χ4n) is 1.52. The average molecular weight is 193 g/mol. The van der Waals surface area contributed by atoms with Gasteiger partial charge in [0.15, 0.2) is 0 Å². The summed E-state index contributed by atoms with van der Waals surface area (Å²) in [4.78, 5) is 0. The second kappa shape index (κ2) is 5.79. The van der Waals surface area contributed by atoms with Crippen molar-refractivity contribution in [3.63, 3.8) is 0 Å². The molecule has 3 heteroatoms. The number of rotatable bonds is 4. The van der Waals surface area contributed by atoms with Crippen LogP contribution in [0.2, 0.25) is 0 Å². The molecule has 2 nitrogen and oxygen atoms in total. The highest BCUT2D eigenvalue weighted by molar-refractivity contribution is 6.18. The van der Waals surface area contributed by atoms with Crippen LogP contribution in [0.15, 0.2) is 0 Å². The Morgan fingerprint density at radius 3 is 2.58 bits per heavy atom. The predicted octanol–water partition coefficient (Wildman–Crippen LogP) is 1.94. The van der Waals surface area contributed by atoms with Crippen molar-refractivity contribution in [2.75, 3.05) is 12.5 Å². The first-order chi connectivity index (χ1) is 5.83. The zero-order valence-corrected chi connectivity index (χ0v) is 8.09. The van der Waals surface area contributed by atoms with E-state index < -0.39 is 6.10 Å². The molecule has 0 aromatic rings. The first kappa shape index (κ1) is 10.3. The Morgan fingerprint density at radius 2 is 2.00 bits per heavy atom. The van der Waals surface area contributed by atoms with E-state index in [1.165, 1.54) is 19.3 Å². The van der Waals surface area contributed by atoms with Crippen molar-refractivity contribution >= 4 is 11.6 Å². The lowest BCUT2D eigenvalue weighted by atomic mass is 9.98. The number of hydrogen-bond donors (Lipinski definition) is 1. The third-order valence-corrected chi connectivity index (χ3v) is 2.61. The number of halogens is 1. The van der Waals surface area contributed by atoms with Gasteiger partial charge in [-0.1, -0.05) is 19.3 Å². The summed E-state index contributed by atoms with van der Waals surface area (Å²) < 4.78 is 5.50. The Balaban J connectivity index is 2.05. The van der Waals surface area contributed by atoms with Crippen LogP contribution in [0, 0.1) is 0 Å². The molecule has 0 saturated heterocycles. The molecule has 12 heavy (non-hydrogen) atoms. The van der Waals surface area contributed by atoms with Crippen molar-refractivity contribution < 1.29 is 9.84 Å². The first-order valence-corrected chi connectivity index (χ1v) is 5.22. The zero-order valence-electron chi connectivity index (χ0n) is 7.34. The summed E-state index contributed by atoms with van der Waals surface area (Å²) in [5.74, 6) is 0.271. The molecule has 1 aliphatic rings. The fourth-order valence-corrected chi connectivity index (χ4v) is 1.61. The van der Waals surface area contributed by atoms with Gasteiger partial charge in [0.1, 0.15) is 0 Å². The van der Waals surface area contributed by atoms with E-state index in [4.69, 9.17) is 21.4 Å². The van der Waals surface area contributed by atoms with Crippen LogP contribution in [-0.4, -0.2) is 29.8 Å². The maximum Gasteiger partial charge on any atom is 0.0908 e. The van der Waals surface area contributed by atoms with Crippen LogP contribution in [0.25, 0.3) is 0 Å². The summed E-state index contributed by atoms with van der Waals surface area (Å²) in [5.41, 5.74) is 0. The van der Waals surface area contributed by atoms with Gasteiger partial charge in [0.05, 0.1) is 24.7 Å². The van der Waals surface area contributed by atoms with Gasteiger partial charge in [-0.05, 0) is 12.8 Å². The van der Waals surface area contributed by atoms with Crippen molar-refractivity contribution in [2.24, 2.45) is 0 Å². The maximum atomic E-state index is 9.13. The lowest BCUT2D eigenvalue weighted by Crippen LogP contribution is -2.24. The van der Waals surface area contributed by atoms with E-state index in [0.717, 1.165) is 12.8 Å². The number of hydrogen-bond acceptors (Lipinski definition) is 2. The molecule has 0 spiro atoms. The topological polar surface area (TPSA) is 29.5 Å². The molecular formula is C9H17ClO2. The quantitative estimate of drug-likeness (QED) is 0.690. The SMILES string of the molecule is OC(CCl)COC1CCCCC1. The van der Waals surface area contributed by atoms with Gasteiger partial charge >= 0.3 is 0 Å². The first-order valence-electron chi connectivity index (χ1n) is 4.68. The smallest absolute Gasteiger partial charge is 0.0908 e. The van der Waals surface area contributed by atoms with Crippen LogP contribution < -0.4 is 0 Å². The Labute approximate surface area is 78.9 Å².